The molecule has 1 atom stereocenters. The van der Waals surface area contributed by atoms with E-state index < -0.39 is 0 Å². The molecule has 0 saturated carbocycles. The van der Waals surface area contributed by atoms with Gasteiger partial charge >= 0.3 is 0 Å². The van der Waals surface area contributed by atoms with Gasteiger partial charge in [0.1, 0.15) is 11.5 Å². The molecule has 0 fully saturated rings. The second-order valence-corrected chi connectivity index (χ2v) is 5.38. The Morgan fingerprint density at radius 2 is 1.76 bits per heavy atom. The molecule has 21 heavy (non-hydrogen) atoms. The van der Waals surface area contributed by atoms with Crippen molar-refractivity contribution in [3.63, 3.8) is 0 Å². The summed E-state index contributed by atoms with van der Waals surface area (Å²) in [6.07, 6.45) is 4.53. The molecular weight excluding hydrogens is 266 g/mol. The number of hydrogen-bond acceptors (Lipinski definition) is 3. The number of rotatable bonds is 8. The molecule has 1 aromatic rings. The molecule has 0 radical (unpaired) electrons. The van der Waals surface area contributed by atoms with Crippen molar-refractivity contribution >= 4 is 5.91 Å². The van der Waals surface area contributed by atoms with E-state index >= 15 is 0 Å². The highest BCUT2D eigenvalue weighted by atomic mass is 16.5. The first-order chi connectivity index (χ1) is 10.0. The molecule has 0 heterocycles. The molecule has 4 nitrogen and oxygen atoms in total. The van der Waals surface area contributed by atoms with Gasteiger partial charge in [0.05, 0.1) is 14.2 Å². The van der Waals surface area contributed by atoms with Crippen LogP contribution in [0.25, 0.3) is 0 Å². The minimum atomic E-state index is -0.0874. The molecule has 1 amide bonds. The molecule has 1 rings (SSSR count). The second-order valence-electron chi connectivity index (χ2n) is 5.38. The normalized spacial score (nSPS) is 11.9. The third-order valence-corrected chi connectivity index (χ3v) is 3.63. The molecule has 118 valence electrons. The third-order valence-electron chi connectivity index (χ3n) is 3.63. The predicted octanol–water partition coefficient (Wildman–Crippen LogP) is 3.71. The van der Waals surface area contributed by atoms with Crippen LogP contribution >= 0.6 is 0 Å². The molecule has 0 aliphatic rings. The van der Waals surface area contributed by atoms with Crippen LogP contribution in [0.4, 0.5) is 0 Å². The fraction of sp³-hybridized carbons (Fsp3) is 0.588. The van der Waals surface area contributed by atoms with E-state index in [2.05, 4.69) is 12.2 Å². The smallest absolute Gasteiger partial charge is 0.251 e. The summed E-state index contributed by atoms with van der Waals surface area (Å²) in [4.78, 5) is 12.3. The van der Waals surface area contributed by atoms with Crippen LogP contribution in [0.5, 0.6) is 11.5 Å². The quantitative estimate of drug-likeness (QED) is 0.743. The fourth-order valence-electron chi connectivity index (χ4n) is 2.30. The number of benzene rings is 1. The monoisotopic (exact) mass is 293 g/mol. The van der Waals surface area contributed by atoms with Gasteiger partial charge in [-0.3, -0.25) is 4.79 Å². The van der Waals surface area contributed by atoms with Crippen LogP contribution in [0.2, 0.25) is 0 Å². The minimum absolute atomic E-state index is 0.0874. The van der Waals surface area contributed by atoms with Crippen molar-refractivity contribution < 1.29 is 14.3 Å². The van der Waals surface area contributed by atoms with Crippen molar-refractivity contribution in [2.45, 2.75) is 52.5 Å². The predicted molar refractivity (Wildman–Crippen MR) is 85.4 cm³/mol. The molecule has 0 spiro atoms. The summed E-state index contributed by atoms with van der Waals surface area (Å²) < 4.78 is 10.6. The Morgan fingerprint density at radius 1 is 1.19 bits per heavy atom. The summed E-state index contributed by atoms with van der Waals surface area (Å²) in [7, 11) is 3.19. The lowest BCUT2D eigenvalue weighted by atomic mass is 10.1. The average Bonchev–Trinajstić information content (AvgIpc) is 2.47. The first kappa shape index (κ1) is 17.3. The first-order valence-corrected chi connectivity index (χ1v) is 7.56. The Kier molecular flexibility index (Phi) is 7.06. The Labute approximate surface area is 127 Å². The van der Waals surface area contributed by atoms with Gasteiger partial charge in [0.2, 0.25) is 0 Å². The molecule has 0 bridgehead atoms. The molecule has 1 aromatic carbocycles. The maximum Gasteiger partial charge on any atom is 0.251 e. The zero-order valence-electron chi connectivity index (χ0n) is 13.8. The zero-order chi connectivity index (χ0) is 15.8. The van der Waals surface area contributed by atoms with Crippen LogP contribution in [0, 0.1) is 6.92 Å². The van der Waals surface area contributed by atoms with Crippen molar-refractivity contribution in [3.8, 4) is 11.5 Å². The van der Waals surface area contributed by atoms with Crippen LogP contribution in [0.3, 0.4) is 0 Å². The minimum Gasteiger partial charge on any atom is -0.496 e. The van der Waals surface area contributed by atoms with E-state index in [9.17, 15) is 4.79 Å². The van der Waals surface area contributed by atoms with Gasteiger partial charge in [-0.25, -0.2) is 0 Å². The highest BCUT2D eigenvalue weighted by molar-refractivity contribution is 5.95. The lowest BCUT2D eigenvalue weighted by Gasteiger charge is -2.16. The number of carbonyl (C=O) groups is 1. The molecular formula is C17H27NO3. The summed E-state index contributed by atoms with van der Waals surface area (Å²) in [5, 5.41) is 3.03. The van der Waals surface area contributed by atoms with Gasteiger partial charge in [-0.15, -0.1) is 0 Å². The summed E-state index contributed by atoms with van der Waals surface area (Å²) >= 11 is 0. The number of carbonyl (C=O) groups excluding carboxylic acids is 1. The summed E-state index contributed by atoms with van der Waals surface area (Å²) in [5.41, 5.74) is 1.46. The third kappa shape index (κ3) is 4.96. The number of ether oxygens (including phenoxy) is 2. The molecule has 0 saturated heterocycles. The number of methoxy groups -OCH3 is 2. The summed E-state index contributed by atoms with van der Waals surface area (Å²) in [6.45, 7) is 6.12. The second kappa shape index (κ2) is 8.55. The van der Waals surface area contributed by atoms with Gasteiger partial charge in [0.25, 0.3) is 5.91 Å². The van der Waals surface area contributed by atoms with Crippen LogP contribution in [0.1, 0.15) is 55.5 Å². The zero-order valence-corrected chi connectivity index (χ0v) is 13.8. The van der Waals surface area contributed by atoms with Gasteiger partial charge in [-0.2, -0.15) is 0 Å². The van der Waals surface area contributed by atoms with Crippen molar-refractivity contribution in [2.75, 3.05) is 14.2 Å². The van der Waals surface area contributed by atoms with Crippen molar-refractivity contribution in [1.82, 2.24) is 5.32 Å². The summed E-state index contributed by atoms with van der Waals surface area (Å²) in [5.74, 6) is 1.24. The first-order valence-electron chi connectivity index (χ1n) is 7.56. The molecule has 0 aliphatic carbocycles. The van der Waals surface area contributed by atoms with E-state index in [0.29, 0.717) is 17.1 Å². The molecule has 1 N–H and O–H groups in total. The van der Waals surface area contributed by atoms with Crippen LogP contribution in [-0.2, 0) is 0 Å². The van der Waals surface area contributed by atoms with E-state index in [1.54, 1.807) is 26.4 Å². The van der Waals surface area contributed by atoms with Crippen molar-refractivity contribution in [1.29, 1.82) is 0 Å². The molecule has 0 aromatic heterocycles. The van der Waals surface area contributed by atoms with Gasteiger partial charge in [0, 0.05) is 17.2 Å². The number of unbranched alkanes of at least 4 members (excludes halogenated alkanes) is 2. The lowest BCUT2D eigenvalue weighted by Crippen LogP contribution is -2.32. The SMILES string of the molecule is CCCCCC(C)NC(=O)c1cc(OC)c(C)c(OC)c1. The Hall–Kier alpha value is -1.71. The standard InChI is InChI=1S/C17H27NO3/c1-6-7-8-9-12(2)18-17(19)14-10-15(20-4)13(3)16(11-14)21-5/h10-12H,6-9H2,1-5H3,(H,18,19). The Bertz CT molecular complexity index is 446. The highest BCUT2D eigenvalue weighted by Gasteiger charge is 2.15. The maximum absolute atomic E-state index is 12.3. The fourth-order valence-corrected chi connectivity index (χ4v) is 2.30. The molecule has 0 aliphatic heterocycles. The molecule has 4 heteroatoms. The van der Waals surface area contributed by atoms with Crippen LogP contribution < -0.4 is 14.8 Å². The highest BCUT2D eigenvalue weighted by Crippen LogP contribution is 2.29. The van der Waals surface area contributed by atoms with E-state index in [-0.39, 0.29) is 11.9 Å². The largest absolute Gasteiger partial charge is 0.496 e. The van der Waals surface area contributed by atoms with Crippen LogP contribution in [-0.4, -0.2) is 26.2 Å². The maximum atomic E-state index is 12.3. The van der Waals surface area contributed by atoms with Gasteiger partial charge in [0.15, 0.2) is 0 Å². The van der Waals surface area contributed by atoms with Gasteiger partial charge in [-0.05, 0) is 32.4 Å². The topological polar surface area (TPSA) is 47.6 Å². The number of nitrogens with one attached hydrogen (secondary N) is 1. The van der Waals surface area contributed by atoms with Gasteiger partial charge in [-0.1, -0.05) is 26.2 Å². The van der Waals surface area contributed by atoms with E-state index in [1.807, 2.05) is 13.8 Å². The Balaban J connectivity index is 2.78. The lowest BCUT2D eigenvalue weighted by molar-refractivity contribution is 0.0937. The summed E-state index contributed by atoms with van der Waals surface area (Å²) in [6, 6.07) is 3.68. The van der Waals surface area contributed by atoms with E-state index in [1.165, 1.54) is 12.8 Å². The van der Waals surface area contributed by atoms with Crippen LogP contribution in [0.15, 0.2) is 12.1 Å². The number of hydrogen-bond donors (Lipinski definition) is 1. The average molecular weight is 293 g/mol. The van der Waals surface area contributed by atoms with Crippen molar-refractivity contribution in [2.24, 2.45) is 0 Å². The van der Waals surface area contributed by atoms with E-state index in [0.717, 1.165) is 18.4 Å². The van der Waals surface area contributed by atoms with Crippen molar-refractivity contribution in [3.05, 3.63) is 23.3 Å². The molecule has 1 unspecified atom stereocenters. The number of amides is 1. The Morgan fingerprint density at radius 3 is 2.24 bits per heavy atom. The van der Waals surface area contributed by atoms with Gasteiger partial charge < -0.3 is 14.8 Å². The van der Waals surface area contributed by atoms with E-state index in [4.69, 9.17) is 9.47 Å².